The molecular formula is C21H15BrN4O2. The van der Waals surface area contributed by atoms with Gasteiger partial charge in [0.2, 0.25) is 0 Å². The summed E-state index contributed by atoms with van der Waals surface area (Å²) in [5.74, 6) is 1.36. The Morgan fingerprint density at radius 1 is 1.04 bits per heavy atom. The third-order valence-electron chi connectivity index (χ3n) is 3.55. The first kappa shape index (κ1) is 19.1. The highest BCUT2D eigenvalue weighted by Crippen LogP contribution is 2.22. The van der Waals surface area contributed by atoms with Crippen LogP contribution in [0.15, 0.2) is 89.2 Å². The number of nitrogens with one attached hydrogen (secondary N) is 2. The quantitative estimate of drug-likeness (QED) is 0.416. The maximum atomic E-state index is 12.3. The van der Waals surface area contributed by atoms with Crippen LogP contribution < -0.4 is 15.4 Å². The normalized spacial score (nSPS) is 10.6. The molecule has 2 N–H and O–H groups in total. The van der Waals surface area contributed by atoms with Gasteiger partial charge in [-0.05, 0) is 64.5 Å². The lowest BCUT2D eigenvalue weighted by atomic mass is 10.2. The number of aromatic nitrogens is 1. The minimum absolute atomic E-state index is 0.0747. The molecule has 0 radical (unpaired) electrons. The van der Waals surface area contributed by atoms with Gasteiger partial charge in [0.1, 0.15) is 29.0 Å². The fraction of sp³-hybridized carbons (Fsp3) is 0. The van der Waals surface area contributed by atoms with Gasteiger partial charge in [-0.15, -0.1) is 0 Å². The SMILES string of the molecule is N#C/C(=C/Nc1ccc(Br)cn1)C(=O)Nc1ccc(Oc2ccccc2)cc1. The molecule has 0 aliphatic carbocycles. The number of para-hydroxylation sites is 1. The van der Waals surface area contributed by atoms with Crippen molar-refractivity contribution in [2.45, 2.75) is 0 Å². The summed E-state index contributed by atoms with van der Waals surface area (Å²) in [4.78, 5) is 16.4. The highest BCUT2D eigenvalue weighted by atomic mass is 79.9. The Bertz CT molecular complexity index is 1010. The fourth-order valence-corrected chi connectivity index (χ4v) is 2.42. The van der Waals surface area contributed by atoms with Gasteiger partial charge in [-0.3, -0.25) is 4.79 Å². The van der Waals surface area contributed by atoms with Crippen LogP contribution in [0.25, 0.3) is 0 Å². The number of hydrogen-bond acceptors (Lipinski definition) is 5. The second kappa shape index (κ2) is 9.35. The maximum Gasteiger partial charge on any atom is 0.267 e. The van der Waals surface area contributed by atoms with E-state index in [4.69, 9.17) is 4.74 Å². The van der Waals surface area contributed by atoms with E-state index in [-0.39, 0.29) is 5.57 Å². The van der Waals surface area contributed by atoms with Crippen molar-refractivity contribution >= 4 is 33.3 Å². The number of carbonyl (C=O) groups is 1. The third-order valence-corrected chi connectivity index (χ3v) is 4.02. The lowest BCUT2D eigenvalue weighted by molar-refractivity contribution is -0.112. The zero-order chi connectivity index (χ0) is 19.8. The van der Waals surface area contributed by atoms with Crippen molar-refractivity contribution in [1.82, 2.24) is 4.98 Å². The van der Waals surface area contributed by atoms with Crippen LogP contribution >= 0.6 is 15.9 Å². The molecule has 0 unspecified atom stereocenters. The molecule has 0 aliphatic heterocycles. The standard InChI is InChI=1S/C21H15BrN4O2/c22-16-6-11-20(25-14-16)24-13-15(12-23)21(27)26-17-7-9-19(10-8-17)28-18-4-2-1-3-5-18/h1-11,13-14H,(H,24,25)(H,26,27)/b15-13-. The summed E-state index contributed by atoms with van der Waals surface area (Å²) in [5.41, 5.74) is 0.475. The van der Waals surface area contributed by atoms with Gasteiger partial charge < -0.3 is 15.4 Å². The summed E-state index contributed by atoms with van der Waals surface area (Å²) in [6, 6.07) is 21.7. The molecule has 1 amide bonds. The molecule has 0 fully saturated rings. The molecule has 0 spiro atoms. The van der Waals surface area contributed by atoms with Gasteiger partial charge in [-0.25, -0.2) is 4.98 Å². The number of rotatable bonds is 6. The van der Waals surface area contributed by atoms with Gasteiger partial charge in [-0.1, -0.05) is 18.2 Å². The first-order chi connectivity index (χ1) is 13.6. The smallest absolute Gasteiger partial charge is 0.267 e. The molecule has 3 aromatic rings. The molecule has 0 saturated heterocycles. The van der Waals surface area contributed by atoms with Gasteiger partial charge in [0, 0.05) is 22.6 Å². The molecule has 3 rings (SSSR count). The number of nitriles is 1. The van der Waals surface area contributed by atoms with Crippen molar-refractivity contribution in [3.63, 3.8) is 0 Å². The Labute approximate surface area is 170 Å². The molecule has 6 nitrogen and oxygen atoms in total. The Kier molecular flexibility index (Phi) is 6.39. The highest BCUT2D eigenvalue weighted by Gasteiger charge is 2.09. The molecule has 0 bridgehead atoms. The monoisotopic (exact) mass is 434 g/mol. The average molecular weight is 435 g/mol. The zero-order valence-corrected chi connectivity index (χ0v) is 16.2. The van der Waals surface area contributed by atoms with Crippen molar-refractivity contribution < 1.29 is 9.53 Å². The van der Waals surface area contributed by atoms with E-state index in [0.29, 0.717) is 17.3 Å². The van der Waals surface area contributed by atoms with Crippen LogP contribution in [0.3, 0.4) is 0 Å². The number of pyridine rings is 1. The number of anilines is 2. The van der Waals surface area contributed by atoms with E-state index in [0.717, 1.165) is 10.2 Å². The summed E-state index contributed by atoms with van der Waals surface area (Å²) in [6.07, 6.45) is 2.93. The van der Waals surface area contributed by atoms with Crippen molar-refractivity contribution in [2.24, 2.45) is 0 Å². The van der Waals surface area contributed by atoms with Crippen molar-refractivity contribution in [1.29, 1.82) is 5.26 Å². The molecule has 0 atom stereocenters. The molecular weight excluding hydrogens is 420 g/mol. The molecule has 0 aliphatic rings. The molecule has 138 valence electrons. The van der Waals surface area contributed by atoms with Crippen LogP contribution in [-0.4, -0.2) is 10.9 Å². The second-order valence-electron chi connectivity index (χ2n) is 5.57. The van der Waals surface area contributed by atoms with Gasteiger partial charge in [-0.2, -0.15) is 5.26 Å². The number of halogens is 1. The van der Waals surface area contributed by atoms with E-state index in [1.54, 1.807) is 42.6 Å². The van der Waals surface area contributed by atoms with Gasteiger partial charge in [0.05, 0.1) is 0 Å². The summed E-state index contributed by atoms with van der Waals surface area (Å²) in [6.45, 7) is 0. The lowest BCUT2D eigenvalue weighted by Gasteiger charge is -2.08. The van der Waals surface area contributed by atoms with Crippen LogP contribution in [0.4, 0.5) is 11.5 Å². The van der Waals surface area contributed by atoms with E-state index >= 15 is 0 Å². The van der Waals surface area contributed by atoms with Crippen LogP contribution in [0.2, 0.25) is 0 Å². The predicted molar refractivity (Wildman–Crippen MR) is 111 cm³/mol. The molecule has 7 heteroatoms. The second-order valence-corrected chi connectivity index (χ2v) is 6.49. The van der Waals surface area contributed by atoms with Crippen molar-refractivity contribution in [2.75, 3.05) is 10.6 Å². The number of hydrogen-bond donors (Lipinski definition) is 2. The molecule has 0 saturated carbocycles. The average Bonchev–Trinajstić information content (AvgIpc) is 2.72. The summed E-state index contributed by atoms with van der Waals surface area (Å²) < 4.78 is 6.54. The van der Waals surface area contributed by atoms with Crippen LogP contribution in [-0.2, 0) is 4.79 Å². The minimum Gasteiger partial charge on any atom is -0.457 e. The van der Waals surface area contributed by atoms with Crippen LogP contribution in [0.1, 0.15) is 0 Å². The zero-order valence-electron chi connectivity index (χ0n) is 14.6. The van der Waals surface area contributed by atoms with E-state index in [1.807, 2.05) is 36.4 Å². The van der Waals surface area contributed by atoms with E-state index in [2.05, 4.69) is 31.5 Å². The number of carbonyl (C=O) groups excluding carboxylic acids is 1. The van der Waals surface area contributed by atoms with Crippen LogP contribution in [0.5, 0.6) is 11.5 Å². The summed E-state index contributed by atoms with van der Waals surface area (Å²) >= 11 is 3.29. The summed E-state index contributed by atoms with van der Waals surface area (Å²) in [5, 5.41) is 14.7. The van der Waals surface area contributed by atoms with Crippen molar-refractivity contribution in [3.05, 3.63) is 89.2 Å². The first-order valence-electron chi connectivity index (χ1n) is 8.27. The van der Waals surface area contributed by atoms with Gasteiger partial charge in [0.25, 0.3) is 5.91 Å². The maximum absolute atomic E-state index is 12.3. The molecule has 1 aromatic heterocycles. The predicted octanol–water partition coefficient (Wildman–Crippen LogP) is 5.09. The molecule has 28 heavy (non-hydrogen) atoms. The topological polar surface area (TPSA) is 87.0 Å². The van der Waals surface area contributed by atoms with Crippen molar-refractivity contribution in [3.8, 4) is 17.6 Å². The lowest BCUT2D eigenvalue weighted by Crippen LogP contribution is -2.14. The number of ether oxygens (including phenoxy) is 1. The Morgan fingerprint density at radius 2 is 1.75 bits per heavy atom. The summed E-state index contributed by atoms with van der Waals surface area (Å²) in [7, 11) is 0. The van der Waals surface area contributed by atoms with Crippen LogP contribution in [0, 0.1) is 11.3 Å². The third kappa shape index (κ3) is 5.43. The number of amides is 1. The molecule has 2 aromatic carbocycles. The van der Waals surface area contributed by atoms with Gasteiger partial charge >= 0.3 is 0 Å². The molecule has 1 heterocycles. The van der Waals surface area contributed by atoms with E-state index < -0.39 is 5.91 Å². The van der Waals surface area contributed by atoms with E-state index in [1.165, 1.54) is 6.20 Å². The Hall–Kier alpha value is -3.63. The van der Waals surface area contributed by atoms with E-state index in [9.17, 15) is 10.1 Å². The van der Waals surface area contributed by atoms with Gasteiger partial charge in [0.15, 0.2) is 0 Å². The first-order valence-corrected chi connectivity index (χ1v) is 9.06. The largest absolute Gasteiger partial charge is 0.457 e. The highest BCUT2D eigenvalue weighted by molar-refractivity contribution is 9.10. The Balaban J connectivity index is 1.61. The number of benzene rings is 2. The Morgan fingerprint density at radius 3 is 2.39 bits per heavy atom. The minimum atomic E-state index is -0.524. The fourth-order valence-electron chi connectivity index (χ4n) is 2.19. The number of nitrogens with zero attached hydrogens (tertiary/aromatic N) is 2.